The molecule has 0 aromatic heterocycles. The third-order valence-corrected chi connectivity index (χ3v) is 5.50. The molecule has 0 amide bonds. The first-order chi connectivity index (χ1) is 8.69. The molecule has 3 unspecified atom stereocenters. The van der Waals surface area contributed by atoms with Crippen molar-refractivity contribution in [2.75, 3.05) is 6.61 Å². The first-order valence-electron chi connectivity index (χ1n) is 7.86. The lowest BCUT2D eigenvalue weighted by atomic mass is 9.68. The number of carbonyl (C=O) groups is 1. The zero-order valence-electron chi connectivity index (χ0n) is 11.6. The van der Waals surface area contributed by atoms with Crippen LogP contribution in [0, 0.1) is 17.8 Å². The summed E-state index contributed by atoms with van der Waals surface area (Å²) in [5.74, 6) is 2.02. The minimum atomic E-state index is 0.124. The molecule has 0 bridgehead atoms. The van der Waals surface area contributed by atoms with Gasteiger partial charge < -0.3 is 4.74 Å². The minimum Gasteiger partial charge on any atom is -0.375 e. The van der Waals surface area contributed by atoms with Gasteiger partial charge in [-0.3, -0.25) is 4.79 Å². The largest absolute Gasteiger partial charge is 0.375 e. The SMILES string of the molecule is CC1CCCC(C(=O)C2CCOC3(CCC3)C2)C1. The van der Waals surface area contributed by atoms with E-state index >= 15 is 0 Å². The maximum Gasteiger partial charge on any atom is 0.139 e. The van der Waals surface area contributed by atoms with E-state index in [0.29, 0.717) is 17.6 Å². The Morgan fingerprint density at radius 3 is 2.61 bits per heavy atom. The number of hydrogen-bond acceptors (Lipinski definition) is 2. The Bertz CT molecular complexity index is 319. The molecule has 2 saturated carbocycles. The van der Waals surface area contributed by atoms with E-state index in [1.165, 1.54) is 32.1 Å². The fourth-order valence-electron chi connectivity index (χ4n) is 4.22. The van der Waals surface area contributed by atoms with Crippen LogP contribution in [0.25, 0.3) is 0 Å². The van der Waals surface area contributed by atoms with Crippen LogP contribution in [0.3, 0.4) is 0 Å². The molecule has 1 aliphatic heterocycles. The average molecular weight is 250 g/mol. The van der Waals surface area contributed by atoms with Crippen molar-refractivity contribution in [3.63, 3.8) is 0 Å². The van der Waals surface area contributed by atoms with E-state index in [9.17, 15) is 4.79 Å². The summed E-state index contributed by atoms with van der Waals surface area (Å²) in [5, 5.41) is 0. The molecule has 3 fully saturated rings. The van der Waals surface area contributed by atoms with Gasteiger partial charge in [0.15, 0.2) is 0 Å². The molecule has 3 atom stereocenters. The van der Waals surface area contributed by atoms with Crippen molar-refractivity contribution < 1.29 is 9.53 Å². The predicted molar refractivity (Wildman–Crippen MR) is 71.4 cm³/mol. The fourth-order valence-corrected chi connectivity index (χ4v) is 4.22. The number of rotatable bonds is 2. The van der Waals surface area contributed by atoms with E-state index in [2.05, 4.69) is 6.92 Å². The topological polar surface area (TPSA) is 26.3 Å². The van der Waals surface area contributed by atoms with Crippen LogP contribution in [0.1, 0.15) is 64.7 Å². The first-order valence-corrected chi connectivity index (χ1v) is 7.86. The molecule has 0 radical (unpaired) electrons. The van der Waals surface area contributed by atoms with Crippen molar-refractivity contribution in [3.8, 4) is 0 Å². The zero-order chi connectivity index (χ0) is 12.6. The average Bonchev–Trinajstić information content (AvgIpc) is 2.36. The molecule has 1 saturated heterocycles. The van der Waals surface area contributed by atoms with E-state index in [-0.39, 0.29) is 5.60 Å². The Balaban J connectivity index is 1.61. The highest BCUT2D eigenvalue weighted by atomic mass is 16.5. The molecule has 18 heavy (non-hydrogen) atoms. The molecule has 2 nitrogen and oxygen atoms in total. The van der Waals surface area contributed by atoms with Crippen LogP contribution < -0.4 is 0 Å². The van der Waals surface area contributed by atoms with Gasteiger partial charge in [0.1, 0.15) is 5.78 Å². The van der Waals surface area contributed by atoms with Gasteiger partial charge in [0, 0.05) is 18.4 Å². The quantitative estimate of drug-likeness (QED) is 0.746. The highest BCUT2D eigenvalue weighted by Gasteiger charge is 2.45. The van der Waals surface area contributed by atoms with Gasteiger partial charge >= 0.3 is 0 Å². The Hall–Kier alpha value is -0.370. The molecule has 0 aromatic carbocycles. The Kier molecular flexibility index (Phi) is 3.48. The molecule has 3 aliphatic rings. The molecular formula is C16H26O2. The second-order valence-corrected chi connectivity index (χ2v) is 6.95. The number of ketones is 1. The third kappa shape index (κ3) is 2.36. The molecule has 0 N–H and O–H groups in total. The number of carbonyl (C=O) groups excluding carboxylic acids is 1. The monoisotopic (exact) mass is 250 g/mol. The second-order valence-electron chi connectivity index (χ2n) is 6.95. The maximum atomic E-state index is 12.7. The van der Waals surface area contributed by atoms with E-state index in [1.807, 2.05) is 0 Å². The van der Waals surface area contributed by atoms with Gasteiger partial charge in [-0.05, 0) is 50.9 Å². The summed E-state index contributed by atoms with van der Waals surface area (Å²) in [6.45, 7) is 3.12. The molecule has 1 spiro atoms. The van der Waals surface area contributed by atoms with E-state index in [1.54, 1.807) is 0 Å². The first kappa shape index (κ1) is 12.7. The van der Waals surface area contributed by atoms with Crippen molar-refractivity contribution in [2.24, 2.45) is 17.8 Å². The lowest BCUT2D eigenvalue weighted by Crippen LogP contribution is -2.48. The van der Waals surface area contributed by atoms with E-state index in [0.717, 1.165) is 38.2 Å². The summed E-state index contributed by atoms with van der Waals surface area (Å²) in [6.07, 6.45) is 10.5. The predicted octanol–water partition coefficient (Wildman–Crippen LogP) is 3.73. The lowest BCUT2D eigenvalue weighted by Gasteiger charge is -2.47. The van der Waals surface area contributed by atoms with Crippen LogP contribution in [-0.4, -0.2) is 18.0 Å². The van der Waals surface area contributed by atoms with Gasteiger partial charge in [-0.25, -0.2) is 0 Å². The summed E-state index contributed by atoms with van der Waals surface area (Å²) < 4.78 is 5.94. The van der Waals surface area contributed by atoms with Crippen LogP contribution in [0.15, 0.2) is 0 Å². The van der Waals surface area contributed by atoms with Gasteiger partial charge in [0.25, 0.3) is 0 Å². The highest BCUT2D eigenvalue weighted by molar-refractivity contribution is 5.83. The molecule has 1 heterocycles. The molecule has 102 valence electrons. The minimum absolute atomic E-state index is 0.124. The van der Waals surface area contributed by atoms with Gasteiger partial charge in [0.2, 0.25) is 0 Å². The smallest absolute Gasteiger partial charge is 0.139 e. The van der Waals surface area contributed by atoms with Crippen LogP contribution >= 0.6 is 0 Å². The summed E-state index contributed by atoms with van der Waals surface area (Å²) in [7, 11) is 0. The normalized spacial score (nSPS) is 39.3. The second kappa shape index (κ2) is 4.96. The summed E-state index contributed by atoms with van der Waals surface area (Å²) in [5.41, 5.74) is 0.124. The Morgan fingerprint density at radius 2 is 1.94 bits per heavy atom. The van der Waals surface area contributed by atoms with E-state index < -0.39 is 0 Å². The molecule has 3 rings (SSSR count). The third-order valence-electron chi connectivity index (χ3n) is 5.50. The zero-order valence-corrected chi connectivity index (χ0v) is 11.6. The summed E-state index contributed by atoms with van der Waals surface area (Å²) in [4.78, 5) is 12.7. The van der Waals surface area contributed by atoms with Crippen LogP contribution in [0.2, 0.25) is 0 Å². The summed E-state index contributed by atoms with van der Waals surface area (Å²) in [6, 6.07) is 0. The van der Waals surface area contributed by atoms with Crippen molar-refractivity contribution in [1.82, 2.24) is 0 Å². The highest BCUT2D eigenvalue weighted by Crippen LogP contribution is 2.45. The van der Waals surface area contributed by atoms with Gasteiger partial charge in [0.05, 0.1) is 5.60 Å². The number of Topliss-reactive ketones (excluding diaryl/α,β-unsaturated/α-hetero) is 1. The van der Waals surface area contributed by atoms with E-state index in [4.69, 9.17) is 4.74 Å². The Labute approximate surface area is 110 Å². The van der Waals surface area contributed by atoms with Gasteiger partial charge in [-0.15, -0.1) is 0 Å². The van der Waals surface area contributed by atoms with Crippen LogP contribution in [0.5, 0.6) is 0 Å². The van der Waals surface area contributed by atoms with Gasteiger partial charge in [-0.2, -0.15) is 0 Å². The molecule has 0 aromatic rings. The van der Waals surface area contributed by atoms with Gasteiger partial charge in [-0.1, -0.05) is 19.8 Å². The number of ether oxygens (including phenoxy) is 1. The van der Waals surface area contributed by atoms with Crippen LogP contribution in [0.4, 0.5) is 0 Å². The lowest BCUT2D eigenvalue weighted by molar-refractivity contribution is -0.158. The van der Waals surface area contributed by atoms with Crippen molar-refractivity contribution in [1.29, 1.82) is 0 Å². The number of hydrogen-bond donors (Lipinski definition) is 0. The molecular weight excluding hydrogens is 224 g/mol. The van der Waals surface area contributed by atoms with Crippen molar-refractivity contribution in [3.05, 3.63) is 0 Å². The molecule has 2 heteroatoms. The summed E-state index contributed by atoms with van der Waals surface area (Å²) >= 11 is 0. The fraction of sp³-hybridized carbons (Fsp3) is 0.938. The maximum absolute atomic E-state index is 12.7. The van der Waals surface area contributed by atoms with Crippen molar-refractivity contribution >= 4 is 5.78 Å². The van der Waals surface area contributed by atoms with Crippen LogP contribution in [-0.2, 0) is 9.53 Å². The Morgan fingerprint density at radius 1 is 1.11 bits per heavy atom. The molecule has 2 aliphatic carbocycles. The standard InChI is InChI=1S/C16H26O2/c1-12-4-2-5-13(10-12)15(17)14-6-9-18-16(11-14)7-3-8-16/h12-14H,2-11H2,1H3. The van der Waals surface area contributed by atoms with Crippen molar-refractivity contribution in [2.45, 2.75) is 70.3 Å².